The van der Waals surface area contributed by atoms with Crippen molar-refractivity contribution in [2.45, 2.75) is 12.2 Å². The molecule has 0 bridgehead atoms. The second-order valence-corrected chi connectivity index (χ2v) is 7.24. The van der Waals surface area contributed by atoms with Crippen LogP contribution in [0.25, 0.3) is 0 Å². The summed E-state index contributed by atoms with van der Waals surface area (Å²) in [5.74, 6) is -1.30. The van der Waals surface area contributed by atoms with Crippen molar-refractivity contribution in [3.05, 3.63) is 54.3 Å². The van der Waals surface area contributed by atoms with Crippen molar-refractivity contribution in [1.29, 1.82) is 0 Å². The number of rotatable bonds is 2. The van der Waals surface area contributed by atoms with Crippen molar-refractivity contribution < 1.29 is 17.6 Å². The predicted molar refractivity (Wildman–Crippen MR) is 77.2 cm³/mol. The zero-order chi connectivity index (χ0) is 15.1. The van der Waals surface area contributed by atoms with E-state index in [9.17, 15) is 17.6 Å². The first-order valence-electron chi connectivity index (χ1n) is 5.27. The molecule has 8 heteroatoms. The maximum Gasteiger partial charge on any atom is 0.419 e. The second kappa shape index (κ2) is 5.75. The molecular weight excluding hydrogens is 426 g/mol. The molecule has 1 unspecified atom stereocenters. The molecular formula is C12H7Br2F4NS. The number of thiophene rings is 1. The summed E-state index contributed by atoms with van der Waals surface area (Å²) >= 11 is 7.88. The van der Waals surface area contributed by atoms with Gasteiger partial charge in [-0.1, -0.05) is 6.07 Å². The summed E-state index contributed by atoms with van der Waals surface area (Å²) < 4.78 is 52.8. The maximum absolute atomic E-state index is 13.2. The number of benzene rings is 1. The number of alkyl halides is 3. The first-order chi connectivity index (χ1) is 9.20. The van der Waals surface area contributed by atoms with Gasteiger partial charge in [0.1, 0.15) is 5.82 Å². The largest absolute Gasteiger partial charge is 0.419 e. The van der Waals surface area contributed by atoms with Crippen LogP contribution in [0.3, 0.4) is 0 Å². The van der Waals surface area contributed by atoms with Gasteiger partial charge in [0.25, 0.3) is 0 Å². The van der Waals surface area contributed by atoms with Crippen LogP contribution in [0.1, 0.15) is 22.0 Å². The van der Waals surface area contributed by atoms with Gasteiger partial charge in [-0.3, -0.25) is 0 Å². The summed E-state index contributed by atoms with van der Waals surface area (Å²) in [5, 5.41) is 0. The third kappa shape index (κ3) is 3.24. The molecule has 0 spiro atoms. The van der Waals surface area contributed by atoms with E-state index in [-0.39, 0.29) is 5.56 Å². The van der Waals surface area contributed by atoms with Gasteiger partial charge in [-0.2, -0.15) is 13.2 Å². The SMILES string of the molecule is NC(c1ccc(F)c(C(F)(F)F)c1)c1cc(Br)c(Br)s1. The van der Waals surface area contributed by atoms with E-state index >= 15 is 0 Å². The fraction of sp³-hybridized carbons (Fsp3) is 0.167. The lowest BCUT2D eigenvalue weighted by molar-refractivity contribution is -0.140. The lowest BCUT2D eigenvalue weighted by atomic mass is 10.0. The van der Waals surface area contributed by atoms with Crippen LogP contribution in [0.5, 0.6) is 0 Å². The van der Waals surface area contributed by atoms with E-state index in [1.165, 1.54) is 17.4 Å². The smallest absolute Gasteiger partial charge is 0.320 e. The summed E-state index contributed by atoms with van der Waals surface area (Å²) in [6.07, 6.45) is -4.74. The zero-order valence-electron chi connectivity index (χ0n) is 9.64. The zero-order valence-corrected chi connectivity index (χ0v) is 13.6. The Kier molecular flexibility index (Phi) is 4.58. The van der Waals surface area contributed by atoms with Gasteiger partial charge in [0.2, 0.25) is 0 Å². The summed E-state index contributed by atoms with van der Waals surface area (Å²) in [6.45, 7) is 0. The van der Waals surface area contributed by atoms with Crippen LogP contribution in [-0.4, -0.2) is 0 Å². The van der Waals surface area contributed by atoms with Crippen molar-refractivity contribution in [2.75, 3.05) is 0 Å². The Morgan fingerprint density at radius 1 is 1.15 bits per heavy atom. The molecule has 0 fully saturated rings. The van der Waals surface area contributed by atoms with E-state index in [4.69, 9.17) is 5.73 Å². The first-order valence-corrected chi connectivity index (χ1v) is 7.67. The van der Waals surface area contributed by atoms with Crippen molar-refractivity contribution >= 4 is 43.2 Å². The summed E-state index contributed by atoms with van der Waals surface area (Å²) in [5.41, 5.74) is 4.84. The highest BCUT2D eigenvalue weighted by Crippen LogP contribution is 2.38. The van der Waals surface area contributed by atoms with Crippen molar-refractivity contribution in [2.24, 2.45) is 5.73 Å². The predicted octanol–water partition coefficient (Wildman–Crippen LogP) is 5.48. The Hall–Kier alpha value is -0.440. The molecule has 2 aromatic rings. The van der Waals surface area contributed by atoms with Gasteiger partial charge in [0.15, 0.2) is 0 Å². The molecule has 0 saturated carbocycles. The highest BCUT2D eigenvalue weighted by atomic mass is 79.9. The lowest BCUT2D eigenvalue weighted by Gasteiger charge is -2.14. The Morgan fingerprint density at radius 3 is 2.30 bits per heavy atom. The van der Waals surface area contributed by atoms with E-state index in [0.717, 1.165) is 20.4 Å². The van der Waals surface area contributed by atoms with E-state index in [2.05, 4.69) is 31.9 Å². The molecule has 0 saturated heterocycles. The van der Waals surface area contributed by atoms with Crippen LogP contribution in [0, 0.1) is 5.82 Å². The number of halogens is 6. The van der Waals surface area contributed by atoms with Crippen LogP contribution in [0.4, 0.5) is 17.6 Å². The van der Waals surface area contributed by atoms with Gasteiger partial charge in [-0.25, -0.2) is 4.39 Å². The Bertz CT molecular complexity index is 619. The van der Waals surface area contributed by atoms with E-state index in [1.807, 2.05) is 0 Å². The molecule has 0 amide bonds. The van der Waals surface area contributed by atoms with Crippen molar-refractivity contribution in [3.8, 4) is 0 Å². The fourth-order valence-corrected chi connectivity index (χ4v) is 3.75. The molecule has 1 atom stereocenters. The Morgan fingerprint density at radius 2 is 1.80 bits per heavy atom. The van der Waals surface area contributed by atoms with Gasteiger partial charge in [-0.05, 0) is 55.6 Å². The van der Waals surface area contributed by atoms with Gasteiger partial charge in [-0.15, -0.1) is 11.3 Å². The molecule has 1 nitrogen and oxygen atoms in total. The van der Waals surface area contributed by atoms with Crippen LogP contribution in [0.2, 0.25) is 0 Å². The van der Waals surface area contributed by atoms with Crippen LogP contribution in [0.15, 0.2) is 32.5 Å². The third-order valence-corrected chi connectivity index (χ3v) is 5.97. The average molecular weight is 433 g/mol. The van der Waals surface area contributed by atoms with Gasteiger partial charge in [0.05, 0.1) is 15.4 Å². The quantitative estimate of drug-likeness (QED) is 0.625. The lowest BCUT2D eigenvalue weighted by Crippen LogP contribution is -2.14. The summed E-state index contributed by atoms with van der Waals surface area (Å²) in [4.78, 5) is 0.670. The van der Waals surface area contributed by atoms with Crippen LogP contribution in [-0.2, 0) is 6.18 Å². The highest BCUT2D eigenvalue weighted by molar-refractivity contribution is 9.13. The molecule has 108 valence electrons. The molecule has 1 aromatic carbocycles. The molecule has 1 aromatic heterocycles. The van der Waals surface area contributed by atoms with E-state index in [1.54, 1.807) is 6.07 Å². The molecule has 0 radical (unpaired) electrons. The minimum Gasteiger partial charge on any atom is -0.320 e. The molecule has 0 aliphatic heterocycles. The Balaban J connectivity index is 2.43. The van der Waals surface area contributed by atoms with Crippen molar-refractivity contribution in [1.82, 2.24) is 0 Å². The third-order valence-electron chi connectivity index (χ3n) is 2.63. The normalized spacial score (nSPS) is 13.6. The fourth-order valence-electron chi connectivity index (χ4n) is 1.63. The molecule has 1 heterocycles. The molecule has 20 heavy (non-hydrogen) atoms. The number of nitrogens with two attached hydrogens (primary N) is 1. The second-order valence-electron chi connectivity index (χ2n) is 3.99. The maximum atomic E-state index is 13.2. The van der Waals surface area contributed by atoms with E-state index < -0.39 is 23.6 Å². The Labute approximate surface area is 133 Å². The average Bonchev–Trinajstić information content (AvgIpc) is 2.68. The molecule has 0 aliphatic rings. The summed E-state index contributed by atoms with van der Waals surface area (Å²) in [6, 6.07) is 3.77. The van der Waals surface area contributed by atoms with Crippen LogP contribution < -0.4 is 5.73 Å². The van der Waals surface area contributed by atoms with Crippen LogP contribution >= 0.6 is 43.2 Å². The topological polar surface area (TPSA) is 26.0 Å². The first kappa shape index (κ1) is 15.9. The van der Waals surface area contributed by atoms with Gasteiger partial charge in [0, 0.05) is 9.35 Å². The number of hydrogen-bond acceptors (Lipinski definition) is 2. The van der Waals surface area contributed by atoms with Crippen molar-refractivity contribution in [3.63, 3.8) is 0 Å². The minimum atomic E-state index is -4.74. The monoisotopic (exact) mass is 431 g/mol. The summed E-state index contributed by atoms with van der Waals surface area (Å²) in [7, 11) is 0. The van der Waals surface area contributed by atoms with Gasteiger partial charge < -0.3 is 5.73 Å². The van der Waals surface area contributed by atoms with Gasteiger partial charge >= 0.3 is 6.18 Å². The minimum absolute atomic E-state index is 0.208. The van der Waals surface area contributed by atoms with E-state index in [0.29, 0.717) is 4.88 Å². The highest BCUT2D eigenvalue weighted by Gasteiger charge is 2.34. The molecule has 0 aliphatic carbocycles. The number of hydrogen-bond donors (Lipinski definition) is 1. The molecule has 2 rings (SSSR count). The molecule has 2 N–H and O–H groups in total. The standard InChI is InChI=1S/C12H7Br2F4NS/c13-7-4-9(20-11(7)14)10(19)5-1-2-8(15)6(3-5)12(16,17)18/h1-4,10H,19H2.